The number of carbonyl (C=O) groups excluding carboxylic acids is 1. The summed E-state index contributed by atoms with van der Waals surface area (Å²) >= 11 is 0. The summed E-state index contributed by atoms with van der Waals surface area (Å²) in [6.07, 6.45) is 1.27. The molecule has 2 N–H and O–H groups in total. The molecule has 100 valence electrons. The molecule has 0 radical (unpaired) electrons. The van der Waals surface area contributed by atoms with Gasteiger partial charge in [-0.3, -0.25) is 9.63 Å². The zero-order valence-electron chi connectivity index (χ0n) is 10.3. The highest BCUT2D eigenvalue weighted by Gasteiger charge is 2.17. The van der Waals surface area contributed by atoms with Crippen LogP contribution in [0.2, 0.25) is 0 Å². The van der Waals surface area contributed by atoms with Crippen molar-refractivity contribution in [2.75, 3.05) is 7.11 Å². The second kappa shape index (κ2) is 5.07. The Morgan fingerprint density at radius 3 is 2.89 bits per heavy atom. The Bertz CT molecular complexity index is 625. The van der Waals surface area contributed by atoms with Gasteiger partial charge in [0.2, 0.25) is 0 Å². The second-order valence-electron chi connectivity index (χ2n) is 3.87. The van der Waals surface area contributed by atoms with E-state index in [1.807, 2.05) is 0 Å². The minimum Gasteiger partial charge on any atom is -0.504 e. The largest absolute Gasteiger partial charge is 0.504 e. The van der Waals surface area contributed by atoms with Crippen LogP contribution in [0.25, 0.3) is 5.69 Å². The van der Waals surface area contributed by atoms with Crippen molar-refractivity contribution in [2.24, 2.45) is 0 Å². The van der Waals surface area contributed by atoms with Gasteiger partial charge in [0.15, 0.2) is 11.4 Å². The average molecular weight is 265 g/mol. The van der Waals surface area contributed by atoms with E-state index in [2.05, 4.69) is 15.4 Å². The smallest absolute Gasteiger partial charge is 0.299 e. The van der Waals surface area contributed by atoms with Crippen molar-refractivity contribution in [3.8, 4) is 11.4 Å². The van der Waals surface area contributed by atoms with E-state index in [-0.39, 0.29) is 17.3 Å². The number of aryl methyl sites for hydroxylation is 1. The van der Waals surface area contributed by atoms with Gasteiger partial charge in [-0.2, -0.15) is 5.10 Å². The van der Waals surface area contributed by atoms with Gasteiger partial charge in [0, 0.05) is 0 Å². The van der Waals surface area contributed by atoms with Crippen LogP contribution in [0.3, 0.4) is 0 Å². The van der Waals surface area contributed by atoms with Crippen LogP contribution >= 0.6 is 0 Å². The molecule has 0 aliphatic carbocycles. The highest BCUT2D eigenvalue weighted by atomic mass is 19.1. The van der Waals surface area contributed by atoms with E-state index in [1.54, 1.807) is 6.92 Å². The lowest BCUT2D eigenvalue weighted by atomic mass is 10.2. The molecule has 0 spiro atoms. The van der Waals surface area contributed by atoms with Crippen LogP contribution in [0, 0.1) is 12.7 Å². The molecule has 1 aromatic heterocycles. The highest BCUT2D eigenvalue weighted by Crippen LogP contribution is 2.20. The van der Waals surface area contributed by atoms with Crippen molar-refractivity contribution in [3.63, 3.8) is 0 Å². The molecule has 2 aromatic rings. The number of halogens is 1. The fourth-order valence-electron chi connectivity index (χ4n) is 1.67. The van der Waals surface area contributed by atoms with Gasteiger partial charge in [0.25, 0.3) is 5.91 Å². The Kier molecular flexibility index (Phi) is 3.48. The molecule has 0 fully saturated rings. The molecule has 2 rings (SSSR count). The van der Waals surface area contributed by atoms with Gasteiger partial charge < -0.3 is 5.11 Å². The maximum Gasteiger partial charge on any atom is 0.299 e. The van der Waals surface area contributed by atoms with E-state index in [9.17, 15) is 14.3 Å². The number of nitrogens with zero attached hydrogens (tertiary/aromatic N) is 2. The fraction of sp³-hybridized carbons (Fsp3) is 0.167. The number of amides is 1. The first-order valence-electron chi connectivity index (χ1n) is 5.41. The summed E-state index contributed by atoms with van der Waals surface area (Å²) in [6.45, 7) is 1.70. The van der Waals surface area contributed by atoms with Crippen molar-refractivity contribution in [1.29, 1.82) is 0 Å². The van der Waals surface area contributed by atoms with Gasteiger partial charge in [-0.05, 0) is 30.7 Å². The fourth-order valence-corrected chi connectivity index (χ4v) is 1.67. The topological polar surface area (TPSA) is 76.4 Å². The van der Waals surface area contributed by atoms with Gasteiger partial charge in [-0.15, -0.1) is 0 Å². The Morgan fingerprint density at radius 2 is 2.26 bits per heavy atom. The van der Waals surface area contributed by atoms with Crippen LogP contribution in [-0.4, -0.2) is 27.9 Å². The Labute approximate surface area is 108 Å². The van der Waals surface area contributed by atoms with E-state index >= 15 is 0 Å². The molecule has 0 unspecified atom stereocenters. The maximum absolute atomic E-state index is 13.0. The Balaban J connectivity index is 2.42. The van der Waals surface area contributed by atoms with Crippen LogP contribution in [0.15, 0.2) is 24.4 Å². The summed E-state index contributed by atoms with van der Waals surface area (Å²) in [5.41, 5.74) is 3.07. The number of benzene rings is 1. The lowest BCUT2D eigenvalue weighted by molar-refractivity contribution is 0.0529. The molecule has 0 saturated heterocycles. The maximum atomic E-state index is 13.0. The molecule has 0 saturated carbocycles. The van der Waals surface area contributed by atoms with Crippen LogP contribution in [0.1, 0.15) is 16.1 Å². The van der Waals surface area contributed by atoms with Gasteiger partial charge in [-0.25, -0.2) is 14.6 Å². The standard InChI is InChI=1S/C12H12FN3O3/c1-7-5-8(13)3-4-9(7)16-6-10(17)11(14-16)12(18)15-19-2/h3-6,17H,1-2H3,(H,15,18). The predicted molar refractivity (Wildman–Crippen MR) is 64.4 cm³/mol. The molecule has 1 aromatic carbocycles. The molecule has 1 heterocycles. The van der Waals surface area contributed by atoms with Crippen LogP contribution in [0.4, 0.5) is 4.39 Å². The molecule has 0 aliphatic rings. The molecule has 0 bridgehead atoms. The highest BCUT2D eigenvalue weighted by molar-refractivity contribution is 5.94. The summed E-state index contributed by atoms with van der Waals surface area (Å²) in [5.74, 6) is -1.33. The number of hydroxylamine groups is 1. The Morgan fingerprint density at radius 1 is 1.53 bits per heavy atom. The third-order valence-corrected chi connectivity index (χ3v) is 2.51. The number of hydrogen-bond acceptors (Lipinski definition) is 4. The molecule has 0 aliphatic heterocycles. The van der Waals surface area contributed by atoms with E-state index in [1.165, 1.54) is 36.2 Å². The lowest BCUT2D eigenvalue weighted by Gasteiger charge is -2.05. The van der Waals surface area contributed by atoms with Gasteiger partial charge in [0.1, 0.15) is 5.82 Å². The van der Waals surface area contributed by atoms with Gasteiger partial charge in [-0.1, -0.05) is 0 Å². The van der Waals surface area contributed by atoms with E-state index in [0.717, 1.165) is 0 Å². The van der Waals surface area contributed by atoms with Crippen molar-refractivity contribution >= 4 is 5.91 Å². The average Bonchev–Trinajstić information content (AvgIpc) is 2.71. The van der Waals surface area contributed by atoms with Crippen molar-refractivity contribution < 1.29 is 19.1 Å². The first-order valence-corrected chi connectivity index (χ1v) is 5.41. The first kappa shape index (κ1) is 13.0. The molecular formula is C12H12FN3O3. The van der Waals surface area contributed by atoms with Crippen molar-refractivity contribution in [3.05, 3.63) is 41.5 Å². The Hall–Kier alpha value is -2.41. The van der Waals surface area contributed by atoms with Crippen molar-refractivity contribution in [1.82, 2.24) is 15.3 Å². The lowest BCUT2D eigenvalue weighted by Crippen LogP contribution is -2.22. The minimum atomic E-state index is -0.668. The van der Waals surface area contributed by atoms with E-state index in [0.29, 0.717) is 11.3 Å². The molecular weight excluding hydrogens is 253 g/mol. The minimum absolute atomic E-state index is 0.175. The zero-order chi connectivity index (χ0) is 14.0. The SMILES string of the molecule is CONC(=O)c1nn(-c2ccc(F)cc2C)cc1O. The molecule has 6 nitrogen and oxygen atoms in total. The number of hydrogen-bond donors (Lipinski definition) is 2. The van der Waals surface area contributed by atoms with Crippen molar-refractivity contribution in [2.45, 2.75) is 6.92 Å². The third-order valence-electron chi connectivity index (χ3n) is 2.51. The zero-order valence-corrected chi connectivity index (χ0v) is 10.3. The third kappa shape index (κ3) is 2.55. The number of rotatable bonds is 3. The predicted octanol–water partition coefficient (Wildman–Crippen LogP) is 1.32. The summed E-state index contributed by atoms with van der Waals surface area (Å²) in [7, 11) is 1.27. The number of nitrogens with one attached hydrogen (secondary N) is 1. The monoisotopic (exact) mass is 265 g/mol. The summed E-state index contributed by atoms with van der Waals surface area (Å²) in [4.78, 5) is 16.0. The number of aromatic hydroxyl groups is 1. The van der Waals surface area contributed by atoms with E-state index in [4.69, 9.17) is 0 Å². The molecule has 7 heteroatoms. The number of carbonyl (C=O) groups is 1. The van der Waals surface area contributed by atoms with Crippen LogP contribution < -0.4 is 5.48 Å². The number of aromatic nitrogens is 2. The molecule has 19 heavy (non-hydrogen) atoms. The van der Waals surface area contributed by atoms with Crippen LogP contribution in [0.5, 0.6) is 5.75 Å². The van der Waals surface area contributed by atoms with E-state index < -0.39 is 5.91 Å². The van der Waals surface area contributed by atoms with Gasteiger partial charge >= 0.3 is 0 Å². The summed E-state index contributed by atoms with van der Waals surface area (Å²) in [6, 6.07) is 4.12. The second-order valence-corrected chi connectivity index (χ2v) is 3.87. The first-order chi connectivity index (χ1) is 9.02. The van der Waals surface area contributed by atoms with Crippen LogP contribution in [-0.2, 0) is 4.84 Å². The molecule has 0 atom stereocenters. The summed E-state index contributed by atoms with van der Waals surface area (Å²) in [5, 5.41) is 13.6. The quantitative estimate of drug-likeness (QED) is 0.820. The normalized spacial score (nSPS) is 10.5. The molecule has 1 amide bonds. The van der Waals surface area contributed by atoms with Gasteiger partial charge in [0.05, 0.1) is 19.0 Å². The summed E-state index contributed by atoms with van der Waals surface area (Å²) < 4.78 is 14.3.